The summed E-state index contributed by atoms with van der Waals surface area (Å²) in [6.45, 7) is 16.1. The van der Waals surface area contributed by atoms with Crippen molar-refractivity contribution in [1.29, 1.82) is 0 Å². The van der Waals surface area contributed by atoms with Crippen LogP contribution in [0.4, 0.5) is 0 Å². The van der Waals surface area contributed by atoms with E-state index >= 15 is 0 Å². The molecular formula is C24H40O9Si. The van der Waals surface area contributed by atoms with E-state index in [-0.39, 0.29) is 19.8 Å². The van der Waals surface area contributed by atoms with E-state index in [1.807, 2.05) is 0 Å². The second-order valence-corrected chi connectivity index (χ2v) is 9.88. The van der Waals surface area contributed by atoms with Crippen LogP contribution >= 0.6 is 0 Å². The van der Waals surface area contributed by atoms with Crippen LogP contribution in [0.2, 0.25) is 0 Å². The van der Waals surface area contributed by atoms with Crippen LogP contribution in [0.3, 0.4) is 0 Å². The lowest BCUT2D eigenvalue weighted by Gasteiger charge is -2.36. The second kappa shape index (κ2) is 17.2. The Morgan fingerprint density at radius 2 is 0.941 bits per heavy atom. The van der Waals surface area contributed by atoms with Gasteiger partial charge in [0.15, 0.2) is 0 Å². The molecule has 0 amide bonds. The molecule has 0 saturated heterocycles. The van der Waals surface area contributed by atoms with E-state index < -0.39 is 33.0 Å². The lowest BCUT2D eigenvalue weighted by molar-refractivity contribution is -0.139. The highest BCUT2D eigenvalue weighted by Gasteiger charge is 2.35. The zero-order valence-corrected chi connectivity index (χ0v) is 22.4. The maximum Gasteiger partial charge on any atom is 0.484 e. The molecule has 0 radical (unpaired) electrons. The van der Waals surface area contributed by atoms with E-state index in [4.69, 9.17) is 27.5 Å². The van der Waals surface area contributed by atoms with E-state index in [1.54, 1.807) is 20.8 Å². The van der Waals surface area contributed by atoms with Crippen LogP contribution in [0.15, 0.2) is 36.5 Å². The molecule has 0 aliphatic rings. The molecule has 0 saturated carbocycles. The van der Waals surface area contributed by atoms with E-state index in [0.29, 0.717) is 55.2 Å². The predicted octanol–water partition coefficient (Wildman–Crippen LogP) is 3.45. The molecule has 0 rings (SSSR count). The molecule has 0 aliphatic heterocycles. The van der Waals surface area contributed by atoms with Crippen molar-refractivity contribution in [3.05, 3.63) is 36.5 Å². The minimum absolute atomic E-state index is 0.193. The average Bonchev–Trinajstić information content (AvgIpc) is 2.79. The molecule has 194 valence electrons. The van der Waals surface area contributed by atoms with Crippen molar-refractivity contribution in [3.63, 3.8) is 0 Å². The van der Waals surface area contributed by atoms with Gasteiger partial charge >= 0.3 is 27.4 Å². The lowest BCUT2D eigenvalue weighted by Crippen LogP contribution is -2.42. The van der Waals surface area contributed by atoms with E-state index in [0.717, 1.165) is 0 Å². The minimum Gasteiger partial charge on any atom is -0.462 e. The SMILES string of the molecule is C=C(C)C(=O)OCCCC(CCCOC(=O)C(=C)C)(CCCOC(=O)C(=C)C)O[SiH](OC)OC. The van der Waals surface area contributed by atoms with E-state index in [2.05, 4.69) is 19.7 Å². The van der Waals surface area contributed by atoms with Gasteiger partial charge in [0.2, 0.25) is 0 Å². The number of carbonyl (C=O) groups excluding carboxylic acids is 3. The Balaban J connectivity index is 5.33. The summed E-state index contributed by atoms with van der Waals surface area (Å²) < 4.78 is 32.8. The van der Waals surface area contributed by atoms with Crippen LogP contribution in [0.1, 0.15) is 59.3 Å². The van der Waals surface area contributed by atoms with E-state index in [9.17, 15) is 14.4 Å². The van der Waals surface area contributed by atoms with Crippen molar-refractivity contribution < 1.29 is 41.9 Å². The molecular weight excluding hydrogens is 460 g/mol. The van der Waals surface area contributed by atoms with Gasteiger partial charge in [0.25, 0.3) is 0 Å². The largest absolute Gasteiger partial charge is 0.484 e. The van der Waals surface area contributed by atoms with Gasteiger partial charge in [0.05, 0.1) is 25.4 Å². The number of esters is 3. The van der Waals surface area contributed by atoms with Crippen molar-refractivity contribution in [2.45, 2.75) is 64.9 Å². The summed E-state index contributed by atoms with van der Waals surface area (Å²) in [5.41, 5.74) is 0.260. The topological polar surface area (TPSA) is 107 Å². The van der Waals surface area contributed by atoms with Gasteiger partial charge in [0.1, 0.15) is 0 Å². The normalized spacial score (nSPS) is 11.1. The van der Waals surface area contributed by atoms with Crippen LogP contribution in [0.25, 0.3) is 0 Å². The molecule has 0 aliphatic carbocycles. The van der Waals surface area contributed by atoms with Crippen molar-refractivity contribution in [2.75, 3.05) is 34.0 Å². The first-order valence-corrected chi connectivity index (χ1v) is 12.6. The Hall–Kier alpha value is -2.27. The second-order valence-electron chi connectivity index (χ2n) is 8.12. The summed E-state index contributed by atoms with van der Waals surface area (Å²) in [7, 11) is 0.589. The molecule has 0 aromatic carbocycles. The summed E-state index contributed by atoms with van der Waals surface area (Å²) in [4.78, 5) is 35.1. The number of rotatable bonds is 19. The molecule has 0 spiro atoms. The van der Waals surface area contributed by atoms with Gasteiger partial charge < -0.3 is 27.5 Å². The third kappa shape index (κ3) is 13.4. The van der Waals surface area contributed by atoms with Crippen molar-refractivity contribution in [1.82, 2.24) is 0 Å². The van der Waals surface area contributed by atoms with Gasteiger partial charge in [-0.1, -0.05) is 19.7 Å². The number of ether oxygens (including phenoxy) is 3. The van der Waals surface area contributed by atoms with Gasteiger partial charge in [-0.15, -0.1) is 0 Å². The molecule has 10 heteroatoms. The summed E-state index contributed by atoms with van der Waals surface area (Å²) >= 11 is 0. The zero-order valence-electron chi connectivity index (χ0n) is 21.2. The molecule has 0 heterocycles. The first-order valence-electron chi connectivity index (χ1n) is 11.2. The fourth-order valence-corrected chi connectivity index (χ4v) is 4.14. The quantitative estimate of drug-likeness (QED) is 0.0866. The molecule has 0 unspecified atom stereocenters. The van der Waals surface area contributed by atoms with Crippen LogP contribution in [-0.2, 0) is 41.9 Å². The maximum absolute atomic E-state index is 11.7. The number of hydrogen-bond donors (Lipinski definition) is 0. The summed E-state index contributed by atoms with van der Waals surface area (Å²) in [6.07, 6.45) is 3.13. The van der Waals surface area contributed by atoms with Crippen LogP contribution in [0.5, 0.6) is 0 Å². The third-order valence-corrected chi connectivity index (χ3v) is 6.27. The van der Waals surface area contributed by atoms with Gasteiger partial charge in [-0.05, 0) is 59.3 Å². The first-order chi connectivity index (χ1) is 16.0. The van der Waals surface area contributed by atoms with Gasteiger partial charge in [0, 0.05) is 30.9 Å². The lowest BCUT2D eigenvalue weighted by atomic mass is 9.88. The summed E-state index contributed by atoms with van der Waals surface area (Å²) in [5.74, 6) is -1.36. The van der Waals surface area contributed by atoms with Gasteiger partial charge in [-0.2, -0.15) is 0 Å². The third-order valence-electron chi connectivity index (χ3n) is 4.81. The average molecular weight is 501 g/mol. The molecule has 0 aromatic rings. The molecule has 34 heavy (non-hydrogen) atoms. The zero-order chi connectivity index (χ0) is 26.1. The van der Waals surface area contributed by atoms with Crippen LogP contribution in [-0.4, -0.2) is 67.1 Å². The molecule has 0 atom stereocenters. The highest BCUT2D eigenvalue weighted by Crippen LogP contribution is 2.31. The fourth-order valence-electron chi connectivity index (χ4n) is 3.00. The molecule has 0 N–H and O–H groups in total. The highest BCUT2D eigenvalue weighted by molar-refractivity contribution is 6.36. The van der Waals surface area contributed by atoms with Crippen molar-refractivity contribution >= 4 is 27.4 Å². The number of carbonyl (C=O) groups is 3. The number of hydrogen-bond acceptors (Lipinski definition) is 9. The van der Waals surface area contributed by atoms with Crippen LogP contribution < -0.4 is 0 Å². The smallest absolute Gasteiger partial charge is 0.462 e. The van der Waals surface area contributed by atoms with Crippen molar-refractivity contribution in [3.8, 4) is 0 Å². The van der Waals surface area contributed by atoms with Crippen molar-refractivity contribution in [2.24, 2.45) is 0 Å². The predicted molar refractivity (Wildman–Crippen MR) is 130 cm³/mol. The minimum atomic E-state index is -2.45. The maximum atomic E-state index is 11.7. The molecule has 9 nitrogen and oxygen atoms in total. The summed E-state index contributed by atoms with van der Waals surface area (Å²) in [6, 6.07) is 0. The Morgan fingerprint density at radius 3 is 1.18 bits per heavy atom. The molecule has 0 bridgehead atoms. The summed E-state index contributed by atoms with van der Waals surface area (Å²) in [5, 5.41) is 0. The molecule has 0 aromatic heterocycles. The highest BCUT2D eigenvalue weighted by atomic mass is 28.3. The Labute approximate surface area is 205 Å². The fraction of sp³-hybridized carbons (Fsp3) is 0.625. The first kappa shape index (κ1) is 31.7. The van der Waals surface area contributed by atoms with E-state index in [1.165, 1.54) is 14.2 Å². The standard InChI is InChI=1S/C24H40O9Si/c1-18(2)21(25)30-15-9-12-24(33-34(28-7)29-8,13-10-16-31-22(26)19(3)4)14-11-17-32-23(27)20(5)6/h34H,1,3,5,9-17H2,2,4,6-8H3. The Bertz CT molecular complexity index is 630. The van der Waals surface area contributed by atoms with Crippen LogP contribution in [0, 0.1) is 0 Å². The Kier molecular flexibility index (Phi) is 16.1. The molecule has 0 fully saturated rings. The monoisotopic (exact) mass is 500 g/mol. The Morgan fingerprint density at radius 1 is 0.647 bits per heavy atom. The van der Waals surface area contributed by atoms with Gasteiger partial charge in [-0.3, -0.25) is 0 Å². The van der Waals surface area contributed by atoms with Gasteiger partial charge in [-0.25, -0.2) is 14.4 Å².